The summed E-state index contributed by atoms with van der Waals surface area (Å²) in [6.45, 7) is 0.725. The molecular formula is C31H49Cl4N9O7. The van der Waals surface area contributed by atoms with E-state index < -0.39 is 60.1 Å². The number of aromatic hydroxyl groups is 2. The highest BCUT2D eigenvalue weighted by molar-refractivity contribution is 5.96. The summed E-state index contributed by atoms with van der Waals surface area (Å²) in [6.07, 6.45) is -0.256. The quantitative estimate of drug-likeness (QED) is 0.119. The maximum atomic E-state index is 13.8. The van der Waals surface area contributed by atoms with Gasteiger partial charge in [-0.1, -0.05) is 12.1 Å². The molecule has 4 bridgehead atoms. The molecule has 15 N–H and O–H groups in total. The first-order chi connectivity index (χ1) is 22.5. The number of nitrogens with two attached hydrogens (primary N) is 4. The van der Waals surface area contributed by atoms with Crippen LogP contribution in [-0.2, 0) is 36.8 Å². The third-order valence-corrected chi connectivity index (χ3v) is 7.59. The molecule has 0 radical (unpaired) electrons. The van der Waals surface area contributed by atoms with Crippen LogP contribution in [-0.4, -0.2) is 96.6 Å². The number of nitrogens with one attached hydrogen (secondary N) is 5. The summed E-state index contributed by atoms with van der Waals surface area (Å²) >= 11 is 0. The van der Waals surface area contributed by atoms with Crippen molar-refractivity contribution >= 4 is 79.2 Å². The van der Waals surface area contributed by atoms with Gasteiger partial charge in [0.2, 0.25) is 29.5 Å². The molecule has 0 unspecified atom stereocenters. The van der Waals surface area contributed by atoms with Crippen LogP contribution < -0.4 is 49.5 Å². The van der Waals surface area contributed by atoms with Crippen LogP contribution >= 0.6 is 49.6 Å². The van der Waals surface area contributed by atoms with Gasteiger partial charge >= 0.3 is 0 Å². The number of amides is 5. The highest BCUT2D eigenvalue weighted by Gasteiger charge is 2.32. The number of fused-ring (bicyclic) bond motifs is 5. The number of carbonyl (C=O) groups is 5. The van der Waals surface area contributed by atoms with Gasteiger partial charge in [-0.3, -0.25) is 24.0 Å². The average Bonchev–Trinajstić information content (AvgIpc) is 3.05. The number of benzene rings is 2. The van der Waals surface area contributed by atoms with Gasteiger partial charge in [0.1, 0.15) is 29.6 Å². The fourth-order valence-electron chi connectivity index (χ4n) is 5.03. The van der Waals surface area contributed by atoms with Crippen LogP contribution in [0.3, 0.4) is 0 Å². The lowest BCUT2D eigenvalue weighted by molar-refractivity contribution is -0.135. The van der Waals surface area contributed by atoms with Crippen molar-refractivity contribution in [1.29, 1.82) is 0 Å². The molecule has 1 aliphatic heterocycles. The lowest BCUT2D eigenvalue weighted by Crippen LogP contribution is -2.59. The Hall–Kier alpha value is -3.61. The largest absolute Gasteiger partial charge is 0.508 e. The van der Waals surface area contributed by atoms with Crippen molar-refractivity contribution in [2.24, 2.45) is 22.9 Å². The zero-order chi connectivity index (χ0) is 34.5. The van der Waals surface area contributed by atoms with Crippen LogP contribution in [0.15, 0.2) is 36.4 Å². The smallest absolute Gasteiger partial charge is 0.243 e. The molecule has 51 heavy (non-hydrogen) atoms. The van der Waals surface area contributed by atoms with Gasteiger partial charge in [0.15, 0.2) is 0 Å². The van der Waals surface area contributed by atoms with E-state index in [0.29, 0.717) is 23.1 Å². The second-order valence-electron chi connectivity index (χ2n) is 11.2. The second kappa shape index (κ2) is 24.6. The first-order valence-corrected chi connectivity index (χ1v) is 15.4. The first kappa shape index (κ1) is 49.5. The van der Waals surface area contributed by atoms with Crippen molar-refractivity contribution in [1.82, 2.24) is 26.6 Å². The van der Waals surface area contributed by atoms with E-state index in [-0.39, 0.29) is 119 Å². The average molecular weight is 802 g/mol. The molecule has 1 aliphatic rings. The SMILES string of the molecule is Cl.Cl.Cl.Cl.NCCC[C@@H]1NC(=O)[C@@H](N)Cc2cc(ccc2O)-c2ccc(O)c(c2)C[C@@H](C(=O)N[C@@H](CC(=O)NCCN)C(=O)NCCN)NC1=O. The molecule has 0 saturated carbocycles. The minimum absolute atomic E-state index is 0. The number of rotatable bonds is 12. The third kappa shape index (κ3) is 14.9. The van der Waals surface area contributed by atoms with Crippen LogP contribution in [0, 0.1) is 0 Å². The Morgan fingerprint density at radius 3 is 1.88 bits per heavy atom. The fourth-order valence-corrected chi connectivity index (χ4v) is 5.03. The minimum atomic E-state index is -1.38. The molecule has 5 amide bonds. The van der Waals surface area contributed by atoms with Crippen molar-refractivity contribution in [3.05, 3.63) is 47.5 Å². The van der Waals surface area contributed by atoms with E-state index in [0.717, 1.165) is 0 Å². The maximum absolute atomic E-state index is 13.8. The highest BCUT2D eigenvalue weighted by atomic mass is 35.5. The zero-order valence-electron chi connectivity index (χ0n) is 27.7. The number of hydrogen-bond donors (Lipinski definition) is 11. The molecule has 3 rings (SSSR count). The lowest BCUT2D eigenvalue weighted by Gasteiger charge is -2.26. The van der Waals surface area contributed by atoms with Crippen molar-refractivity contribution < 1.29 is 34.2 Å². The fraction of sp³-hybridized carbons (Fsp3) is 0.452. The summed E-state index contributed by atoms with van der Waals surface area (Å²) in [5.41, 5.74) is 24.7. The van der Waals surface area contributed by atoms with Crippen LogP contribution in [0.2, 0.25) is 0 Å². The minimum Gasteiger partial charge on any atom is -0.508 e. The van der Waals surface area contributed by atoms with Crippen molar-refractivity contribution in [2.75, 3.05) is 32.7 Å². The summed E-state index contributed by atoms with van der Waals surface area (Å²) in [4.78, 5) is 66.0. The monoisotopic (exact) mass is 799 g/mol. The normalized spacial score (nSPS) is 17.4. The molecule has 0 saturated heterocycles. The van der Waals surface area contributed by atoms with E-state index in [2.05, 4.69) is 26.6 Å². The summed E-state index contributed by atoms with van der Waals surface area (Å²) < 4.78 is 0. The van der Waals surface area contributed by atoms with E-state index in [1.165, 1.54) is 12.1 Å². The van der Waals surface area contributed by atoms with Crippen LogP contribution in [0.25, 0.3) is 11.1 Å². The molecule has 288 valence electrons. The van der Waals surface area contributed by atoms with Gasteiger partial charge in [-0.2, -0.15) is 0 Å². The van der Waals surface area contributed by atoms with Gasteiger partial charge < -0.3 is 59.7 Å². The summed E-state index contributed by atoms with van der Waals surface area (Å²) in [5, 5.41) is 34.2. The van der Waals surface area contributed by atoms with Crippen LogP contribution in [0.1, 0.15) is 30.4 Å². The van der Waals surface area contributed by atoms with Gasteiger partial charge in [0, 0.05) is 39.0 Å². The molecule has 0 aliphatic carbocycles. The Balaban J connectivity index is 0. The predicted molar refractivity (Wildman–Crippen MR) is 202 cm³/mol. The molecule has 0 spiro atoms. The molecule has 0 aromatic heterocycles. The first-order valence-electron chi connectivity index (χ1n) is 15.4. The Labute approximate surface area is 321 Å². The van der Waals surface area contributed by atoms with Crippen molar-refractivity contribution in [3.8, 4) is 22.6 Å². The van der Waals surface area contributed by atoms with E-state index in [4.69, 9.17) is 22.9 Å². The van der Waals surface area contributed by atoms with Gasteiger partial charge in [0.05, 0.1) is 12.5 Å². The van der Waals surface area contributed by atoms with Gasteiger partial charge in [-0.15, -0.1) is 49.6 Å². The van der Waals surface area contributed by atoms with E-state index >= 15 is 0 Å². The predicted octanol–water partition coefficient (Wildman–Crippen LogP) is -1.39. The standard InChI is InChI=1S/C31H45N9O7.4ClH/c32-7-1-2-22-30(46)39-23(31(47)40-24(29(45)37-11-9-34)16-27(43)36-10-8-33)15-20-13-18(4-6-26(20)42)17-3-5-25(41)19(12-17)14-21(35)28(44)38-22;;;;/h3-6,12-13,21-24,41-42H,1-2,7-11,14-16,32-35H2,(H,36,43)(H,37,45)(H,38,44)(H,39,46)(H,40,47);4*1H/t21-,22-,23-,24-;;;;/m0..../s1. The topological polar surface area (TPSA) is 290 Å². The Kier molecular flexibility index (Phi) is 23.8. The molecule has 16 nitrogen and oxygen atoms in total. The van der Waals surface area contributed by atoms with Crippen molar-refractivity contribution in [2.45, 2.75) is 56.3 Å². The maximum Gasteiger partial charge on any atom is 0.243 e. The number of phenols is 2. The number of phenolic OH excluding ortho intramolecular Hbond substituents is 2. The second-order valence-corrected chi connectivity index (χ2v) is 11.2. The summed E-state index contributed by atoms with van der Waals surface area (Å²) in [5.74, 6) is -3.70. The number of carbonyl (C=O) groups excluding carboxylic acids is 5. The van der Waals surface area contributed by atoms with Crippen LogP contribution in [0.5, 0.6) is 11.5 Å². The highest BCUT2D eigenvalue weighted by Crippen LogP contribution is 2.31. The summed E-state index contributed by atoms with van der Waals surface area (Å²) in [6, 6.07) is 4.44. The van der Waals surface area contributed by atoms with E-state index in [1.54, 1.807) is 24.3 Å². The van der Waals surface area contributed by atoms with Gasteiger partial charge in [-0.25, -0.2) is 0 Å². The molecular weight excluding hydrogens is 752 g/mol. The van der Waals surface area contributed by atoms with E-state index in [9.17, 15) is 34.2 Å². The summed E-state index contributed by atoms with van der Waals surface area (Å²) in [7, 11) is 0. The van der Waals surface area contributed by atoms with Gasteiger partial charge in [0.25, 0.3) is 0 Å². The van der Waals surface area contributed by atoms with E-state index in [1.807, 2.05) is 0 Å². The third-order valence-electron chi connectivity index (χ3n) is 7.59. The zero-order valence-corrected chi connectivity index (χ0v) is 31.0. The Bertz CT molecular complexity index is 1460. The number of halogens is 4. The lowest BCUT2D eigenvalue weighted by atomic mass is 9.95. The molecule has 2 aromatic rings. The van der Waals surface area contributed by atoms with Crippen LogP contribution in [0.4, 0.5) is 0 Å². The molecule has 20 heteroatoms. The molecule has 0 fully saturated rings. The molecule has 4 atom stereocenters. The Morgan fingerprint density at radius 2 is 1.33 bits per heavy atom. The molecule has 1 heterocycles. The number of hydrogen-bond acceptors (Lipinski definition) is 11. The van der Waals surface area contributed by atoms with Crippen molar-refractivity contribution in [3.63, 3.8) is 0 Å². The molecule has 2 aromatic carbocycles. The Morgan fingerprint density at radius 1 is 0.784 bits per heavy atom. The van der Waals surface area contributed by atoms with Gasteiger partial charge in [-0.05, 0) is 65.9 Å².